The predicted octanol–water partition coefficient (Wildman–Crippen LogP) is 1.08. The van der Waals surface area contributed by atoms with Gasteiger partial charge in [0.05, 0.1) is 17.4 Å². The van der Waals surface area contributed by atoms with E-state index in [1.165, 1.54) is 0 Å². The van der Waals surface area contributed by atoms with Crippen LogP contribution in [-0.4, -0.2) is 17.3 Å². The molecule has 0 unspecified atom stereocenters. The number of nitrogens with one attached hydrogen (secondary N) is 1. The van der Waals surface area contributed by atoms with Gasteiger partial charge in [0, 0.05) is 11.7 Å². The predicted molar refractivity (Wildman–Crippen MR) is 58.2 cm³/mol. The van der Waals surface area contributed by atoms with Gasteiger partial charge in [0.15, 0.2) is 0 Å². The smallest absolute Gasteiger partial charge is 0.101 e. The quantitative estimate of drug-likeness (QED) is 0.628. The number of aliphatic hydroxyl groups is 1. The topological polar surface area (TPSA) is 82.1 Å². The molecule has 1 aromatic carbocycles. The monoisotopic (exact) mass is 203 g/mol. The number of aliphatic hydroxyl groups excluding tert-OH is 1. The summed E-state index contributed by atoms with van der Waals surface area (Å²) in [4.78, 5) is 0. The Hall–Kier alpha value is -1.73. The minimum atomic E-state index is -0.193. The first-order chi connectivity index (χ1) is 7.19. The summed E-state index contributed by atoms with van der Waals surface area (Å²) < 4.78 is 0. The Morgan fingerprint density at radius 3 is 2.80 bits per heavy atom. The number of anilines is 2. The highest BCUT2D eigenvalue weighted by atomic mass is 16.3. The van der Waals surface area contributed by atoms with Gasteiger partial charge < -0.3 is 16.2 Å². The maximum Gasteiger partial charge on any atom is 0.101 e. The summed E-state index contributed by atoms with van der Waals surface area (Å²) in [5.41, 5.74) is 7.52. The third kappa shape index (κ3) is 2.03. The molecule has 0 amide bonds. The van der Waals surface area contributed by atoms with E-state index in [1.54, 1.807) is 18.2 Å². The Bertz CT molecular complexity index is 405. The van der Waals surface area contributed by atoms with E-state index < -0.39 is 0 Å². The normalized spacial score (nSPS) is 24.0. The number of nitrogens with two attached hydrogens (primary N) is 1. The highest BCUT2D eigenvalue weighted by molar-refractivity contribution is 5.63. The van der Waals surface area contributed by atoms with E-state index in [1.807, 2.05) is 0 Å². The third-order valence-corrected chi connectivity index (χ3v) is 2.64. The van der Waals surface area contributed by atoms with Gasteiger partial charge in [-0.2, -0.15) is 5.26 Å². The number of nitrogens with zero attached hydrogens (tertiary/aromatic N) is 1. The molecule has 0 aliphatic heterocycles. The van der Waals surface area contributed by atoms with Crippen LogP contribution in [0.1, 0.15) is 18.4 Å². The van der Waals surface area contributed by atoms with Gasteiger partial charge in [-0.25, -0.2) is 0 Å². The second kappa shape index (κ2) is 3.79. The number of rotatable bonds is 2. The number of benzene rings is 1. The van der Waals surface area contributed by atoms with E-state index in [2.05, 4.69) is 11.4 Å². The second-order valence-electron chi connectivity index (χ2n) is 3.88. The van der Waals surface area contributed by atoms with Crippen LogP contribution in [-0.2, 0) is 0 Å². The fraction of sp³-hybridized carbons (Fsp3) is 0.364. The van der Waals surface area contributed by atoms with Crippen LogP contribution in [0.3, 0.4) is 0 Å². The van der Waals surface area contributed by atoms with Gasteiger partial charge >= 0.3 is 0 Å². The van der Waals surface area contributed by atoms with Crippen LogP contribution in [0.2, 0.25) is 0 Å². The van der Waals surface area contributed by atoms with Crippen LogP contribution in [0.15, 0.2) is 18.2 Å². The summed E-state index contributed by atoms with van der Waals surface area (Å²) in [5, 5.41) is 21.3. The maximum absolute atomic E-state index is 9.14. The van der Waals surface area contributed by atoms with Crippen molar-refractivity contribution in [2.75, 3.05) is 11.1 Å². The lowest BCUT2D eigenvalue weighted by Gasteiger charge is -2.33. The fourth-order valence-electron chi connectivity index (χ4n) is 1.71. The molecule has 1 aliphatic rings. The lowest BCUT2D eigenvalue weighted by atomic mass is 9.89. The first kappa shape index (κ1) is 9.81. The van der Waals surface area contributed by atoms with E-state index in [0.29, 0.717) is 11.3 Å². The van der Waals surface area contributed by atoms with Crippen LogP contribution in [0.4, 0.5) is 11.4 Å². The van der Waals surface area contributed by atoms with Crippen LogP contribution in [0.5, 0.6) is 0 Å². The molecule has 15 heavy (non-hydrogen) atoms. The number of hydrogen-bond acceptors (Lipinski definition) is 4. The van der Waals surface area contributed by atoms with Gasteiger partial charge in [0.1, 0.15) is 6.07 Å². The number of hydrogen-bond donors (Lipinski definition) is 3. The Morgan fingerprint density at radius 2 is 2.20 bits per heavy atom. The first-order valence-electron chi connectivity index (χ1n) is 4.93. The van der Waals surface area contributed by atoms with Crippen molar-refractivity contribution in [1.29, 1.82) is 5.26 Å². The first-order valence-corrected chi connectivity index (χ1v) is 4.93. The van der Waals surface area contributed by atoms with Gasteiger partial charge in [-0.3, -0.25) is 0 Å². The summed E-state index contributed by atoms with van der Waals surface area (Å²) in [5.74, 6) is 0. The number of nitrogen functional groups attached to an aromatic ring is 1. The van der Waals surface area contributed by atoms with Crippen LogP contribution < -0.4 is 11.1 Å². The molecule has 1 aromatic rings. The van der Waals surface area contributed by atoms with Crippen LogP contribution in [0.25, 0.3) is 0 Å². The van der Waals surface area contributed by atoms with E-state index in [-0.39, 0.29) is 12.1 Å². The average Bonchev–Trinajstić information content (AvgIpc) is 2.18. The molecule has 0 radical (unpaired) electrons. The van der Waals surface area contributed by atoms with Crippen molar-refractivity contribution in [2.45, 2.75) is 25.0 Å². The minimum Gasteiger partial charge on any atom is -0.399 e. The van der Waals surface area contributed by atoms with Crippen molar-refractivity contribution in [3.63, 3.8) is 0 Å². The molecule has 0 atom stereocenters. The van der Waals surface area contributed by atoms with E-state index >= 15 is 0 Å². The SMILES string of the molecule is N#Cc1cc(N)ccc1NC1CC(O)C1. The van der Waals surface area contributed by atoms with Crippen molar-refractivity contribution in [3.05, 3.63) is 23.8 Å². The van der Waals surface area contributed by atoms with Crippen molar-refractivity contribution in [1.82, 2.24) is 0 Å². The highest BCUT2D eigenvalue weighted by Gasteiger charge is 2.27. The molecule has 1 fully saturated rings. The molecular formula is C11H13N3O. The van der Waals surface area contributed by atoms with Gasteiger partial charge in [0.25, 0.3) is 0 Å². The van der Waals surface area contributed by atoms with Gasteiger partial charge in [-0.1, -0.05) is 0 Å². The summed E-state index contributed by atoms with van der Waals surface area (Å²) in [6.07, 6.45) is 1.30. The molecule has 0 spiro atoms. The largest absolute Gasteiger partial charge is 0.399 e. The maximum atomic E-state index is 9.14. The van der Waals surface area contributed by atoms with Crippen molar-refractivity contribution >= 4 is 11.4 Å². The summed E-state index contributed by atoms with van der Waals surface area (Å²) in [6, 6.07) is 7.59. The molecule has 4 nitrogen and oxygen atoms in total. The Kier molecular flexibility index (Phi) is 2.48. The average molecular weight is 203 g/mol. The fourth-order valence-corrected chi connectivity index (χ4v) is 1.71. The molecule has 0 bridgehead atoms. The highest BCUT2D eigenvalue weighted by Crippen LogP contribution is 2.26. The lowest BCUT2D eigenvalue weighted by molar-refractivity contribution is 0.0836. The lowest BCUT2D eigenvalue weighted by Crippen LogP contribution is -2.39. The minimum absolute atomic E-state index is 0.193. The standard InChI is InChI=1S/C11H13N3O/c12-6-7-3-8(13)1-2-11(7)14-9-4-10(15)5-9/h1-3,9-10,14-15H,4-5,13H2. The van der Waals surface area contributed by atoms with Crippen LogP contribution >= 0.6 is 0 Å². The molecule has 4 heteroatoms. The molecule has 1 saturated carbocycles. The van der Waals surface area contributed by atoms with Gasteiger partial charge in [-0.05, 0) is 31.0 Å². The van der Waals surface area contributed by atoms with Crippen LogP contribution in [0, 0.1) is 11.3 Å². The Morgan fingerprint density at radius 1 is 1.47 bits per heavy atom. The van der Waals surface area contributed by atoms with Gasteiger partial charge in [-0.15, -0.1) is 0 Å². The zero-order valence-electron chi connectivity index (χ0n) is 8.27. The third-order valence-electron chi connectivity index (χ3n) is 2.64. The van der Waals surface area contributed by atoms with E-state index in [4.69, 9.17) is 16.1 Å². The summed E-state index contributed by atoms with van der Waals surface area (Å²) in [6.45, 7) is 0. The van der Waals surface area contributed by atoms with E-state index in [0.717, 1.165) is 18.5 Å². The summed E-state index contributed by atoms with van der Waals surface area (Å²) in [7, 11) is 0. The molecule has 0 aromatic heterocycles. The zero-order chi connectivity index (χ0) is 10.8. The molecule has 2 rings (SSSR count). The zero-order valence-corrected chi connectivity index (χ0v) is 8.27. The molecule has 78 valence electrons. The molecular weight excluding hydrogens is 190 g/mol. The van der Waals surface area contributed by atoms with Crippen molar-refractivity contribution in [3.8, 4) is 6.07 Å². The Labute approximate surface area is 88.3 Å². The summed E-state index contributed by atoms with van der Waals surface area (Å²) >= 11 is 0. The molecule has 0 heterocycles. The molecule has 4 N–H and O–H groups in total. The van der Waals surface area contributed by atoms with E-state index in [9.17, 15) is 0 Å². The molecule has 1 aliphatic carbocycles. The molecule has 0 saturated heterocycles. The van der Waals surface area contributed by atoms with Crippen molar-refractivity contribution in [2.24, 2.45) is 0 Å². The van der Waals surface area contributed by atoms with Gasteiger partial charge in [0.2, 0.25) is 0 Å². The van der Waals surface area contributed by atoms with Crippen molar-refractivity contribution < 1.29 is 5.11 Å². The second-order valence-corrected chi connectivity index (χ2v) is 3.88. The number of nitriles is 1. The Balaban J connectivity index is 2.11.